The van der Waals surface area contributed by atoms with Crippen molar-refractivity contribution in [1.29, 1.82) is 0 Å². The van der Waals surface area contributed by atoms with Crippen LogP contribution in [0.1, 0.15) is 26.7 Å². The highest BCUT2D eigenvalue weighted by atomic mass is 16.4. The van der Waals surface area contributed by atoms with Crippen LogP contribution in [0.5, 0.6) is 0 Å². The van der Waals surface area contributed by atoms with Crippen molar-refractivity contribution in [3.63, 3.8) is 0 Å². The second-order valence-electron chi connectivity index (χ2n) is 3.25. The molecule has 1 aliphatic rings. The summed E-state index contributed by atoms with van der Waals surface area (Å²) in [6.45, 7) is 6.43. The fourth-order valence-corrected chi connectivity index (χ4v) is 1.25. The zero-order chi connectivity index (χ0) is 10.8. The van der Waals surface area contributed by atoms with E-state index in [2.05, 4.69) is 23.4 Å². The van der Waals surface area contributed by atoms with Crippen molar-refractivity contribution in [2.45, 2.75) is 26.7 Å². The van der Waals surface area contributed by atoms with Crippen LogP contribution in [0, 0.1) is 5.92 Å². The Morgan fingerprint density at radius 3 is 2.50 bits per heavy atom. The smallest absolute Gasteiger partial charge is 0.300 e. The highest BCUT2D eigenvalue weighted by Crippen LogP contribution is 2.07. The van der Waals surface area contributed by atoms with E-state index in [0.717, 1.165) is 19.4 Å². The van der Waals surface area contributed by atoms with Crippen LogP contribution in [0.2, 0.25) is 0 Å². The fourth-order valence-electron chi connectivity index (χ4n) is 1.25. The molecule has 2 N–H and O–H groups in total. The average molecular weight is 200 g/mol. The van der Waals surface area contributed by atoms with Crippen molar-refractivity contribution < 1.29 is 9.90 Å². The minimum atomic E-state index is -0.833. The summed E-state index contributed by atoms with van der Waals surface area (Å²) < 4.78 is 0. The van der Waals surface area contributed by atoms with Crippen LogP contribution in [-0.2, 0) is 4.79 Å². The normalized spacial score (nSPS) is 17.6. The minimum absolute atomic E-state index is 0.751. The summed E-state index contributed by atoms with van der Waals surface area (Å²) in [6.07, 6.45) is 4.66. The Bertz CT molecular complexity index is 171. The third-order valence-electron chi connectivity index (χ3n) is 1.88. The molecule has 0 radical (unpaired) electrons. The maximum absolute atomic E-state index is 9.00. The van der Waals surface area contributed by atoms with Crippen molar-refractivity contribution in [2.24, 2.45) is 10.9 Å². The van der Waals surface area contributed by atoms with Gasteiger partial charge in [-0.25, -0.2) is 0 Å². The zero-order valence-electron chi connectivity index (χ0n) is 8.99. The Labute approximate surface area is 85.4 Å². The summed E-state index contributed by atoms with van der Waals surface area (Å²) >= 11 is 0. The molecular formula is C10H20N2O2. The van der Waals surface area contributed by atoms with Gasteiger partial charge < -0.3 is 10.4 Å². The summed E-state index contributed by atoms with van der Waals surface area (Å²) in [5, 5.41) is 10.7. The standard InChI is InChI=1S/C8H16N2.C2H4O2/c1-2-9-7-8-3-5-10-6-4-8;1-2(3)4/h7-8,10H,2-6H2,1H3;1H3,(H,3,4). The topological polar surface area (TPSA) is 61.7 Å². The lowest BCUT2D eigenvalue weighted by Gasteiger charge is -2.18. The molecule has 0 amide bonds. The molecule has 0 saturated carbocycles. The molecule has 0 aromatic rings. The van der Waals surface area contributed by atoms with Gasteiger partial charge in [-0.2, -0.15) is 0 Å². The van der Waals surface area contributed by atoms with Gasteiger partial charge in [-0.1, -0.05) is 0 Å². The Hall–Kier alpha value is -0.900. The Balaban J connectivity index is 0.000000364. The first-order valence-electron chi connectivity index (χ1n) is 5.07. The summed E-state index contributed by atoms with van der Waals surface area (Å²) in [7, 11) is 0. The number of hydrogen-bond acceptors (Lipinski definition) is 3. The van der Waals surface area contributed by atoms with Crippen LogP contribution in [0.15, 0.2) is 4.99 Å². The van der Waals surface area contributed by atoms with Crippen LogP contribution in [0.4, 0.5) is 0 Å². The van der Waals surface area contributed by atoms with Crippen LogP contribution < -0.4 is 5.32 Å². The molecule has 0 bridgehead atoms. The van der Waals surface area contributed by atoms with Crippen LogP contribution in [-0.4, -0.2) is 36.9 Å². The second kappa shape index (κ2) is 8.69. The van der Waals surface area contributed by atoms with E-state index >= 15 is 0 Å². The Morgan fingerprint density at radius 2 is 2.07 bits per heavy atom. The van der Waals surface area contributed by atoms with E-state index in [9.17, 15) is 0 Å². The maximum Gasteiger partial charge on any atom is 0.300 e. The molecule has 0 spiro atoms. The molecular weight excluding hydrogens is 180 g/mol. The number of aliphatic carboxylic acids is 1. The van der Waals surface area contributed by atoms with Crippen molar-refractivity contribution in [3.8, 4) is 0 Å². The highest BCUT2D eigenvalue weighted by Gasteiger charge is 2.08. The molecule has 1 saturated heterocycles. The van der Waals surface area contributed by atoms with Crippen LogP contribution in [0.25, 0.3) is 0 Å². The maximum atomic E-state index is 9.00. The van der Waals surface area contributed by atoms with Gasteiger partial charge in [0.25, 0.3) is 5.97 Å². The van der Waals surface area contributed by atoms with E-state index in [4.69, 9.17) is 9.90 Å². The molecule has 0 aliphatic carbocycles. The number of hydrogen-bond donors (Lipinski definition) is 2. The number of carbonyl (C=O) groups is 1. The number of carboxylic acids is 1. The van der Waals surface area contributed by atoms with Gasteiger partial charge in [0.05, 0.1) is 0 Å². The lowest BCUT2D eigenvalue weighted by Crippen LogP contribution is -2.28. The second-order valence-corrected chi connectivity index (χ2v) is 3.25. The van der Waals surface area contributed by atoms with Crippen molar-refractivity contribution in [3.05, 3.63) is 0 Å². The Morgan fingerprint density at radius 1 is 1.57 bits per heavy atom. The lowest BCUT2D eigenvalue weighted by molar-refractivity contribution is -0.134. The fraction of sp³-hybridized carbons (Fsp3) is 0.800. The van der Waals surface area contributed by atoms with Gasteiger partial charge in [0, 0.05) is 19.7 Å². The number of piperidine rings is 1. The molecule has 4 heteroatoms. The first-order chi connectivity index (χ1) is 6.66. The molecule has 1 rings (SSSR count). The van der Waals surface area contributed by atoms with Crippen molar-refractivity contribution in [2.75, 3.05) is 19.6 Å². The third-order valence-corrected chi connectivity index (χ3v) is 1.88. The summed E-state index contributed by atoms with van der Waals surface area (Å²) in [4.78, 5) is 13.2. The first kappa shape index (κ1) is 13.1. The van der Waals surface area contributed by atoms with Crippen LogP contribution in [0.3, 0.4) is 0 Å². The average Bonchev–Trinajstić information content (AvgIpc) is 2.15. The molecule has 1 aliphatic heterocycles. The third kappa shape index (κ3) is 9.19. The van der Waals surface area contributed by atoms with Gasteiger partial charge >= 0.3 is 0 Å². The molecule has 4 nitrogen and oxygen atoms in total. The molecule has 0 aromatic heterocycles. The number of aliphatic imine (C=N–C) groups is 1. The lowest BCUT2D eigenvalue weighted by atomic mass is 10.00. The molecule has 14 heavy (non-hydrogen) atoms. The predicted molar refractivity (Wildman–Crippen MR) is 57.9 cm³/mol. The number of rotatable bonds is 2. The Kier molecular flexibility index (Phi) is 8.13. The molecule has 82 valence electrons. The molecule has 0 unspecified atom stereocenters. The summed E-state index contributed by atoms with van der Waals surface area (Å²) in [6, 6.07) is 0. The number of nitrogens with one attached hydrogen (secondary N) is 1. The van der Waals surface area contributed by atoms with Gasteiger partial charge in [-0.05, 0) is 38.8 Å². The van der Waals surface area contributed by atoms with Gasteiger partial charge in [-0.3, -0.25) is 9.79 Å². The van der Waals surface area contributed by atoms with Gasteiger partial charge in [-0.15, -0.1) is 0 Å². The van der Waals surface area contributed by atoms with E-state index in [0.29, 0.717) is 0 Å². The first-order valence-corrected chi connectivity index (χ1v) is 5.07. The van der Waals surface area contributed by atoms with Gasteiger partial charge in [0.1, 0.15) is 0 Å². The van der Waals surface area contributed by atoms with Crippen LogP contribution >= 0.6 is 0 Å². The monoisotopic (exact) mass is 200 g/mol. The van der Waals surface area contributed by atoms with E-state index in [-0.39, 0.29) is 0 Å². The van der Waals surface area contributed by atoms with E-state index in [1.54, 1.807) is 0 Å². The quantitative estimate of drug-likeness (QED) is 0.658. The molecule has 0 atom stereocenters. The van der Waals surface area contributed by atoms with E-state index in [1.807, 2.05) is 0 Å². The summed E-state index contributed by atoms with van der Waals surface area (Å²) in [5.41, 5.74) is 0. The highest BCUT2D eigenvalue weighted by molar-refractivity contribution is 5.63. The number of nitrogens with zero attached hydrogens (tertiary/aromatic N) is 1. The SMILES string of the molecule is CC(=O)O.CCN=CC1CCNCC1. The molecule has 1 fully saturated rings. The van der Waals surface area contributed by atoms with Crippen molar-refractivity contribution in [1.82, 2.24) is 5.32 Å². The molecule has 1 heterocycles. The largest absolute Gasteiger partial charge is 0.481 e. The van der Waals surface area contributed by atoms with Gasteiger partial charge in [0.15, 0.2) is 0 Å². The van der Waals surface area contributed by atoms with E-state index in [1.165, 1.54) is 25.9 Å². The summed E-state index contributed by atoms with van der Waals surface area (Å²) in [5.74, 6) is -0.0822. The van der Waals surface area contributed by atoms with E-state index < -0.39 is 5.97 Å². The predicted octanol–water partition coefficient (Wildman–Crippen LogP) is 1.17. The number of carboxylic acid groups (broad SMARTS) is 1. The van der Waals surface area contributed by atoms with Crippen molar-refractivity contribution >= 4 is 12.2 Å². The van der Waals surface area contributed by atoms with Gasteiger partial charge in [0.2, 0.25) is 0 Å². The minimum Gasteiger partial charge on any atom is -0.481 e. The zero-order valence-corrected chi connectivity index (χ0v) is 8.99. The molecule has 0 aromatic carbocycles.